The fraction of sp³-hybridized carbons (Fsp3) is 0.414. The quantitative estimate of drug-likeness (QED) is 0.529. The monoisotopic (exact) mass is 499 g/mol. The Labute approximate surface area is 217 Å². The predicted octanol–water partition coefficient (Wildman–Crippen LogP) is 4.04. The van der Waals surface area contributed by atoms with E-state index in [2.05, 4.69) is 27.1 Å². The van der Waals surface area contributed by atoms with Gasteiger partial charge in [0.25, 0.3) is 11.8 Å². The van der Waals surface area contributed by atoms with Crippen LogP contribution in [0.25, 0.3) is 0 Å². The Morgan fingerprint density at radius 3 is 2.41 bits per heavy atom. The highest BCUT2D eigenvalue weighted by Gasteiger charge is 2.38. The molecule has 1 saturated heterocycles. The highest BCUT2D eigenvalue weighted by molar-refractivity contribution is 5.94. The summed E-state index contributed by atoms with van der Waals surface area (Å²) in [7, 11) is 0. The highest BCUT2D eigenvalue weighted by Crippen LogP contribution is 2.39. The molecule has 8 nitrogen and oxygen atoms in total. The Balaban J connectivity index is 1.36. The van der Waals surface area contributed by atoms with Crippen molar-refractivity contribution in [2.24, 2.45) is 5.41 Å². The van der Waals surface area contributed by atoms with Gasteiger partial charge in [-0.15, -0.1) is 0 Å². The van der Waals surface area contributed by atoms with Crippen LogP contribution in [0.2, 0.25) is 0 Å². The number of hydrogen-bond acceptors (Lipinski definition) is 6. The molecular weight excluding hydrogens is 466 g/mol. The molecule has 8 heteroatoms. The van der Waals surface area contributed by atoms with Crippen molar-refractivity contribution >= 4 is 11.8 Å². The molecule has 0 N–H and O–H groups in total. The molecule has 1 aromatic carbocycles. The molecule has 0 saturated carbocycles. The molecule has 0 atom stereocenters. The number of hydrogen-bond donors (Lipinski definition) is 0. The van der Waals surface area contributed by atoms with Crippen LogP contribution in [0.15, 0.2) is 67.4 Å². The zero-order chi connectivity index (χ0) is 25.5. The van der Waals surface area contributed by atoms with Gasteiger partial charge in [0.05, 0.1) is 12.7 Å². The molecule has 5 rings (SSSR count). The zero-order valence-corrected chi connectivity index (χ0v) is 21.1. The minimum absolute atomic E-state index is 0.0444. The molecule has 4 heterocycles. The van der Waals surface area contributed by atoms with E-state index in [9.17, 15) is 9.59 Å². The molecule has 0 radical (unpaired) electrons. The maximum absolute atomic E-state index is 13.5. The van der Waals surface area contributed by atoms with E-state index in [1.807, 2.05) is 21.9 Å². The second kappa shape index (κ2) is 11.5. The number of piperidine rings is 1. The number of rotatable bonds is 2. The van der Waals surface area contributed by atoms with Crippen molar-refractivity contribution < 1.29 is 14.3 Å². The van der Waals surface area contributed by atoms with E-state index in [0.29, 0.717) is 44.0 Å². The molecule has 37 heavy (non-hydrogen) atoms. The summed E-state index contributed by atoms with van der Waals surface area (Å²) in [6.07, 6.45) is 13.8. The van der Waals surface area contributed by atoms with Crippen molar-refractivity contribution in [3.05, 3.63) is 84.2 Å². The molecule has 2 amide bonds. The van der Waals surface area contributed by atoms with Crippen molar-refractivity contribution in [3.63, 3.8) is 0 Å². The van der Waals surface area contributed by atoms with Crippen LogP contribution < -0.4 is 4.74 Å². The lowest BCUT2D eigenvalue weighted by atomic mass is 9.73. The summed E-state index contributed by atoms with van der Waals surface area (Å²) in [4.78, 5) is 42.8. The standard InChI is InChI=1S/C29H33N5O3/c35-27(24-8-13-30-14-9-24)33-17-11-29(12-18-33)10-4-3-6-23-5-1-2-7-26(23)37-20-19-34(22-29)28(36)25-21-31-15-16-32-25/h1-2,5,7-9,13-16,21H,3-4,6,10-12,17-20,22H2. The molecule has 1 spiro atoms. The maximum atomic E-state index is 13.5. The van der Waals surface area contributed by atoms with Crippen LogP contribution >= 0.6 is 0 Å². The number of para-hydroxylation sites is 1. The van der Waals surface area contributed by atoms with E-state index in [0.717, 1.165) is 44.3 Å². The van der Waals surface area contributed by atoms with Crippen molar-refractivity contribution in [3.8, 4) is 5.75 Å². The van der Waals surface area contributed by atoms with Crippen molar-refractivity contribution in [2.45, 2.75) is 38.5 Å². The molecule has 1 fully saturated rings. The van der Waals surface area contributed by atoms with Gasteiger partial charge in [-0.25, -0.2) is 4.98 Å². The Hall–Kier alpha value is -3.81. The summed E-state index contributed by atoms with van der Waals surface area (Å²) < 4.78 is 6.16. The lowest BCUT2D eigenvalue weighted by Crippen LogP contribution is -2.50. The number of ether oxygens (including phenoxy) is 1. The van der Waals surface area contributed by atoms with Gasteiger partial charge >= 0.3 is 0 Å². The first-order chi connectivity index (χ1) is 18.1. The van der Waals surface area contributed by atoms with Gasteiger partial charge in [-0.3, -0.25) is 19.6 Å². The number of nitrogens with zero attached hydrogens (tertiary/aromatic N) is 5. The summed E-state index contributed by atoms with van der Waals surface area (Å²) in [5, 5.41) is 0. The lowest BCUT2D eigenvalue weighted by molar-refractivity contribution is 0.0325. The third-order valence-electron chi connectivity index (χ3n) is 7.63. The molecule has 2 aromatic heterocycles. The summed E-state index contributed by atoms with van der Waals surface area (Å²) in [5.41, 5.74) is 2.16. The second-order valence-electron chi connectivity index (χ2n) is 10.0. The summed E-state index contributed by atoms with van der Waals surface area (Å²) >= 11 is 0. The number of carbonyl (C=O) groups is 2. The summed E-state index contributed by atoms with van der Waals surface area (Å²) in [5.74, 6) is 0.812. The number of benzene rings is 1. The number of aromatic nitrogens is 3. The van der Waals surface area contributed by atoms with Crippen molar-refractivity contribution in [1.29, 1.82) is 0 Å². The molecule has 3 aromatic rings. The first kappa shape index (κ1) is 24.9. The van der Waals surface area contributed by atoms with E-state index in [1.54, 1.807) is 36.9 Å². The van der Waals surface area contributed by atoms with Crippen LogP contribution in [-0.4, -0.2) is 69.4 Å². The number of fused-ring (bicyclic) bond motifs is 1. The Morgan fingerprint density at radius 1 is 0.811 bits per heavy atom. The van der Waals surface area contributed by atoms with E-state index >= 15 is 0 Å². The van der Waals surface area contributed by atoms with Gasteiger partial charge in [0.2, 0.25) is 0 Å². The molecule has 0 aliphatic carbocycles. The summed E-state index contributed by atoms with van der Waals surface area (Å²) in [6, 6.07) is 11.7. The minimum Gasteiger partial charge on any atom is -0.491 e. The van der Waals surface area contributed by atoms with E-state index < -0.39 is 0 Å². The third kappa shape index (κ3) is 5.96. The van der Waals surface area contributed by atoms with Crippen LogP contribution in [-0.2, 0) is 6.42 Å². The van der Waals surface area contributed by atoms with Crippen LogP contribution in [0.1, 0.15) is 58.5 Å². The number of pyridine rings is 1. The Morgan fingerprint density at radius 2 is 1.62 bits per heavy atom. The molecule has 192 valence electrons. The fourth-order valence-electron chi connectivity index (χ4n) is 5.51. The van der Waals surface area contributed by atoms with Gasteiger partial charge in [0, 0.05) is 50.0 Å². The lowest BCUT2D eigenvalue weighted by Gasteiger charge is -2.45. The highest BCUT2D eigenvalue weighted by atomic mass is 16.5. The number of aryl methyl sites for hydroxylation is 1. The molecular formula is C29H33N5O3. The van der Waals surface area contributed by atoms with E-state index in [4.69, 9.17) is 4.74 Å². The Bertz CT molecular complexity index is 1200. The number of amides is 2. The molecule has 0 unspecified atom stereocenters. The van der Waals surface area contributed by atoms with Gasteiger partial charge in [-0.05, 0) is 61.3 Å². The van der Waals surface area contributed by atoms with Crippen molar-refractivity contribution in [2.75, 3.05) is 32.8 Å². The van der Waals surface area contributed by atoms with Gasteiger partial charge < -0.3 is 14.5 Å². The smallest absolute Gasteiger partial charge is 0.274 e. The van der Waals surface area contributed by atoms with Gasteiger partial charge in [-0.1, -0.05) is 24.6 Å². The van der Waals surface area contributed by atoms with Gasteiger partial charge in [0.15, 0.2) is 0 Å². The second-order valence-corrected chi connectivity index (χ2v) is 10.0. The topological polar surface area (TPSA) is 88.5 Å². The van der Waals surface area contributed by atoms with Crippen molar-refractivity contribution in [1.82, 2.24) is 24.8 Å². The fourth-order valence-corrected chi connectivity index (χ4v) is 5.51. The normalized spacial score (nSPS) is 18.2. The molecule has 2 aliphatic heterocycles. The van der Waals surface area contributed by atoms with Crippen LogP contribution in [0.3, 0.4) is 0 Å². The SMILES string of the molecule is O=C(c1ccncc1)N1CCC2(CCCCc3ccccc3OCCN(C(=O)c3cnccn3)C2)CC1. The first-order valence-corrected chi connectivity index (χ1v) is 13.1. The Kier molecular flexibility index (Phi) is 7.73. The third-order valence-corrected chi connectivity index (χ3v) is 7.63. The maximum Gasteiger partial charge on any atom is 0.274 e. The largest absolute Gasteiger partial charge is 0.491 e. The van der Waals surface area contributed by atoms with E-state index in [1.165, 1.54) is 11.8 Å². The first-order valence-electron chi connectivity index (χ1n) is 13.1. The minimum atomic E-state index is -0.128. The average Bonchev–Trinajstić information content (AvgIpc) is 2.95. The zero-order valence-electron chi connectivity index (χ0n) is 21.1. The average molecular weight is 500 g/mol. The van der Waals surface area contributed by atoms with Crippen LogP contribution in [0.5, 0.6) is 5.75 Å². The number of likely N-dealkylation sites (tertiary alicyclic amines) is 1. The van der Waals surface area contributed by atoms with Crippen LogP contribution in [0, 0.1) is 5.41 Å². The van der Waals surface area contributed by atoms with E-state index in [-0.39, 0.29) is 17.2 Å². The summed E-state index contributed by atoms with van der Waals surface area (Å²) in [6.45, 7) is 2.84. The number of carbonyl (C=O) groups excluding carboxylic acids is 2. The predicted molar refractivity (Wildman–Crippen MR) is 139 cm³/mol. The van der Waals surface area contributed by atoms with Gasteiger partial charge in [-0.2, -0.15) is 0 Å². The van der Waals surface area contributed by atoms with Gasteiger partial charge in [0.1, 0.15) is 18.1 Å². The molecule has 0 bridgehead atoms. The molecule has 2 aliphatic rings. The van der Waals surface area contributed by atoms with Crippen LogP contribution in [0.4, 0.5) is 0 Å².